The second-order valence-corrected chi connectivity index (χ2v) is 7.84. The van der Waals surface area contributed by atoms with Crippen molar-refractivity contribution in [2.75, 3.05) is 5.75 Å². The summed E-state index contributed by atoms with van der Waals surface area (Å²) in [5.74, 6) is -0.204. The normalized spacial score (nSPS) is 12.3. The van der Waals surface area contributed by atoms with Crippen molar-refractivity contribution < 1.29 is 21.6 Å². The number of pyridine rings is 1. The standard InChI is InChI=1S/C16H12F3N5O2S/c1-2-27(25,26)12-5-10(3-4-20)7-21-15(12)11-8-24-9-22-13(16(17,18)19)6-14(24)23-11/h5-9H,2-3H2,1H3. The fourth-order valence-corrected chi connectivity index (χ4v) is 3.51. The van der Waals surface area contributed by atoms with Gasteiger partial charge in [0.25, 0.3) is 0 Å². The molecule has 0 aliphatic heterocycles. The highest BCUT2D eigenvalue weighted by Crippen LogP contribution is 2.30. The van der Waals surface area contributed by atoms with Crippen LogP contribution in [0.2, 0.25) is 0 Å². The minimum Gasteiger partial charge on any atom is -0.290 e. The first-order chi connectivity index (χ1) is 12.7. The van der Waals surface area contributed by atoms with Crippen molar-refractivity contribution >= 4 is 15.5 Å². The van der Waals surface area contributed by atoms with Gasteiger partial charge in [0.15, 0.2) is 9.84 Å². The number of nitriles is 1. The van der Waals surface area contributed by atoms with Crippen molar-refractivity contribution in [1.82, 2.24) is 19.4 Å². The number of imidazole rings is 1. The van der Waals surface area contributed by atoms with E-state index in [1.54, 1.807) is 0 Å². The molecule has 0 spiro atoms. The van der Waals surface area contributed by atoms with E-state index in [1.165, 1.54) is 29.8 Å². The molecule has 3 aromatic heterocycles. The molecule has 0 bridgehead atoms. The van der Waals surface area contributed by atoms with Crippen LogP contribution in [-0.4, -0.2) is 33.5 Å². The third-order valence-electron chi connectivity index (χ3n) is 3.79. The number of nitrogens with zero attached hydrogens (tertiary/aromatic N) is 5. The van der Waals surface area contributed by atoms with Crippen molar-refractivity contribution in [1.29, 1.82) is 5.26 Å². The molecular weight excluding hydrogens is 383 g/mol. The molecule has 0 fully saturated rings. The molecule has 3 rings (SSSR count). The molecule has 11 heteroatoms. The predicted molar refractivity (Wildman–Crippen MR) is 88.3 cm³/mol. The zero-order valence-electron chi connectivity index (χ0n) is 13.9. The van der Waals surface area contributed by atoms with Crippen LogP contribution >= 0.6 is 0 Å². The number of fused-ring (bicyclic) bond motifs is 1. The zero-order valence-corrected chi connectivity index (χ0v) is 14.7. The van der Waals surface area contributed by atoms with E-state index in [1.807, 2.05) is 6.07 Å². The Bertz CT molecular complexity index is 1160. The van der Waals surface area contributed by atoms with Gasteiger partial charge in [-0.05, 0) is 11.6 Å². The smallest absolute Gasteiger partial charge is 0.290 e. The zero-order chi connectivity index (χ0) is 19.8. The minimum atomic E-state index is -4.62. The van der Waals surface area contributed by atoms with Gasteiger partial charge < -0.3 is 0 Å². The average Bonchev–Trinajstić information content (AvgIpc) is 3.04. The molecule has 0 aliphatic carbocycles. The molecule has 0 unspecified atom stereocenters. The minimum absolute atomic E-state index is 0.01000. The lowest BCUT2D eigenvalue weighted by Gasteiger charge is -2.08. The van der Waals surface area contributed by atoms with E-state index in [9.17, 15) is 21.6 Å². The lowest BCUT2D eigenvalue weighted by Crippen LogP contribution is -2.08. The van der Waals surface area contributed by atoms with E-state index < -0.39 is 21.7 Å². The van der Waals surface area contributed by atoms with Gasteiger partial charge in [0.05, 0.1) is 23.1 Å². The summed E-state index contributed by atoms with van der Waals surface area (Å²) in [6.07, 6.45) is -1.00. The number of alkyl halides is 3. The van der Waals surface area contributed by atoms with Gasteiger partial charge in [0, 0.05) is 18.5 Å². The Morgan fingerprint density at radius 3 is 2.63 bits per heavy atom. The fraction of sp³-hybridized carbons (Fsp3) is 0.250. The van der Waals surface area contributed by atoms with Crippen LogP contribution in [0.5, 0.6) is 0 Å². The van der Waals surface area contributed by atoms with Crippen LogP contribution in [0.4, 0.5) is 13.2 Å². The Hall–Kier alpha value is -3.00. The summed E-state index contributed by atoms with van der Waals surface area (Å²) in [7, 11) is -3.70. The van der Waals surface area contributed by atoms with Crippen LogP contribution in [0.3, 0.4) is 0 Å². The number of aromatic nitrogens is 4. The first-order valence-corrected chi connectivity index (χ1v) is 9.32. The maximum absolute atomic E-state index is 12.8. The molecule has 7 nitrogen and oxygen atoms in total. The van der Waals surface area contributed by atoms with Crippen LogP contribution in [-0.2, 0) is 22.4 Å². The molecule has 3 heterocycles. The lowest BCUT2D eigenvalue weighted by atomic mass is 10.2. The van der Waals surface area contributed by atoms with Gasteiger partial charge >= 0.3 is 6.18 Å². The highest BCUT2D eigenvalue weighted by Gasteiger charge is 2.33. The van der Waals surface area contributed by atoms with Crippen LogP contribution in [0.25, 0.3) is 17.0 Å². The summed E-state index contributed by atoms with van der Waals surface area (Å²) in [6.45, 7) is 1.46. The second kappa shape index (κ2) is 6.62. The first-order valence-electron chi connectivity index (χ1n) is 7.66. The summed E-state index contributed by atoms with van der Waals surface area (Å²) in [5, 5.41) is 8.80. The third-order valence-corrected chi connectivity index (χ3v) is 5.53. The molecule has 0 N–H and O–H groups in total. The van der Waals surface area contributed by atoms with Gasteiger partial charge in [-0.25, -0.2) is 18.4 Å². The maximum atomic E-state index is 12.8. The Kier molecular flexibility index (Phi) is 4.61. The van der Waals surface area contributed by atoms with Gasteiger partial charge in [-0.2, -0.15) is 18.4 Å². The fourth-order valence-electron chi connectivity index (χ4n) is 2.42. The molecule has 140 valence electrons. The number of rotatable bonds is 4. The van der Waals surface area contributed by atoms with Gasteiger partial charge in [0.1, 0.15) is 29.1 Å². The summed E-state index contributed by atoms with van der Waals surface area (Å²) in [4.78, 5) is 11.4. The molecular formula is C16H12F3N5O2S. The lowest BCUT2D eigenvalue weighted by molar-refractivity contribution is -0.141. The SMILES string of the molecule is CCS(=O)(=O)c1cc(CC#N)cnc1-c1cn2cnc(C(F)(F)F)cc2n1. The van der Waals surface area contributed by atoms with E-state index in [0.29, 0.717) is 5.56 Å². The molecule has 0 amide bonds. The van der Waals surface area contributed by atoms with E-state index in [4.69, 9.17) is 5.26 Å². The summed E-state index contributed by atoms with van der Waals surface area (Å²) in [6, 6.07) is 4.02. The van der Waals surface area contributed by atoms with E-state index >= 15 is 0 Å². The highest BCUT2D eigenvalue weighted by molar-refractivity contribution is 7.91. The summed E-state index contributed by atoms with van der Waals surface area (Å²) >= 11 is 0. The van der Waals surface area contributed by atoms with Crippen LogP contribution in [0, 0.1) is 11.3 Å². The number of halogens is 3. The molecule has 0 aliphatic rings. The number of hydrogen-bond donors (Lipinski definition) is 0. The Labute approximate surface area is 152 Å². The predicted octanol–water partition coefficient (Wildman–Crippen LogP) is 2.67. The molecule has 0 aromatic carbocycles. The van der Waals surface area contributed by atoms with E-state index in [0.717, 1.165) is 12.4 Å². The molecule has 27 heavy (non-hydrogen) atoms. The third kappa shape index (κ3) is 3.61. The highest BCUT2D eigenvalue weighted by atomic mass is 32.2. The largest absolute Gasteiger partial charge is 0.433 e. The second-order valence-electron chi connectivity index (χ2n) is 5.59. The topological polar surface area (TPSA) is 101 Å². The van der Waals surface area contributed by atoms with Gasteiger partial charge in [-0.3, -0.25) is 9.38 Å². The van der Waals surface area contributed by atoms with Crippen LogP contribution in [0.1, 0.15) is 18.2 Å². The van der Waals surface area contributed by atoms with E-state index in [2.05, 4.69) is 15.0 Å². The monoisotopic (exact) mass is 395 g/mol. The Balaban J connectivity index is 2.20. The molecule has 0 saturated heterocycles. The first kappa shape index (κ1) is 18.8. The Morgan fingerprint density at radius 2 is 2.00 bits per heavy atom. The van der Waals surface area contributed by atoms with Gasteiger partial charge in [0.2, 0.25) is 0 Å². The van der Waals surface area contributed by atoms with Crippen LogP contribution in [0.15, 0.2) is 35.7 Å². The summed E-state index contributed by atoms with van der Waals surface area (Å²) in [5.41, 5.74) is -0.638. The van der Waals surface area contributed by atoms with Crippen molar-refractivity contribution in [3.05, 3.63) is 42.1 Å². The Morgan fingerprint density at radius 1 is 1.26 bits per heavy atom. The van der Waals surface area contributed by atoms with Crippen LogP contribution < -0.4 is 0 Å². The van der Waals surface area contributed by atoms with Crippen molar-refractivity contribution in [3.8, 4) is 17.5 Å². The van der Waals surface area contributed by atoms with Crippen molar-refractivity contribution in [2.45, 2.75) is 24.4 Å². The summed E-state index contributed by atoms with van der Waals surface area (Å²) < 4.78 is 64.5. The van der Waals surface area contributed by atoms with Gasteiger partial charge in [-0.15, -0.1) is 0 Å². The van der Waals surface area contributed by atoms with Crippen molar-refractivity contribution in [2.24, 2.45) is 0 Å². The molecule has 0 saturated carbocycles. The van der Waals surface area contributed by atoms with Gasteiger partial charge in [-0.1, -0.05) is 6.92 Å². The number of hydrogen-bond acceptors (Lipinski definition) is 6. The average molecular weight is 395 g/mol. The number of sulfone groups is 1. The quantitative estimate of drug-likeness (QED) is 0.673. The molecule has 0 radical (unpaired) electrons. The molecule has 3 aromatic rings. The maximum Gasteiger partial charge on any atom is 0.433 e. The molecule has 0 atom stereocenters. The van der Waals surface area contributed by atoms with Crippen molar-refractivity contribution in [3.63, 3.8) is 0 Å². The van der Waals surface area contributed by atoms with E-state index in [-0.39, 0.29) is 34.1 Å².